The molecule has 0 spiro atoms. The highest BCUT2D eigenvalue weighted by atomic mass is 31.1. The van der Waals surface area contributed by atoms with E-state index >= 15 is 0 Å². The van der Waals surface area contributed by atoms with Crippen LogP contribution in [0, 0.1) is 0 Å². The van der Waals surface area contributed by atoms with Crippen LogP contribution in [0.5, 0.6) is 0 Å². The van der Waals surface area contributed by atoms with E-state index in [0.29, 0.717) is 13.2 Å². The van der Waals surface area contributed by atoms with Gasteiger partial charge in [-0.05, 0) is 58.8 Å². The largest absolute Gasteiger partial charge is 0.372 e. The molecule has 0 heterocycles. The molecule has 0 atom stereocenters. The molecule has 0 aliphatic carbocycles. The van der Waals surface area contributed by atoms with E-state index in [1.54, 1.807) is 0 Å². The number of hydrogen-bond acceptors (Lipinski definition) is 1. The molecule has 6 rings (SSSR count). The van der Waals surface area contributed by atoms with Crippen LogP contribution in [0.3, 0.4) is 0 Å². The molecule has 0 amide bonds. The Balaban J connectivity index is 1.29. The third-order valence-electron chi connectivity index (χ3n) is 7.04. The summed E-state index contributed by atoms with van der Waals surface area (Å²) in [6, 6.07) is 61.1. The number of rotatable bonds is 10. The molecular weight excluding hydrogens is 534 g/mol. The Morgan fingerprint density at radius 1 is 0.317 bits per heavy atom. The first kappa shape index (κ1) is 27.3. The molecule has 6 aromatic carbocycles. The van der Waals surface area contributed by atoms with E-state index in [9.17, 15) is 0 Å². The average molecular weight is 567 g/mol. The standard InChI is InChI=1S/C38H32OP2/c1-5-19-33(20-6-1)40(34-21-7-2-8-22-34)37-27-15-13-17-31(37)29-39-30-32-18-14-16-28-38(32)41(35-23-9-3-10-24-35)36-25-11-4-12-26-36/h1-28H,29-30H2. The lowest BCUT2D eigenvalue weighted by Crippen LogP contribution is -2.24. The van der Waals surface area contributed by atoms with Gasteiger partial charge >= 0.3 is 0 Å². The summed E-state index contributed by atoms with van der Waals surface area (Å²) in [6.45, 7) is 1.13. The van der Waals surface area contributed by atoms with E-state index in [-0.39, 0.29) is 0 Å². The molecule has 3 heteroatoms. The Morgan fingerprint density at radius 3 is 0.902 bits per heavy atom. The molecule has 0 aliphatic heterocycles. The van der Waals surface area contributed by atoms with Crippen LogP contribution in [0.25, 0.3) is 0 Å². The summed E-state index contributed by atoms with van der Waals surface area (Å²) in [5.41, 5.74) is 2.49. The minimum Gasteiger partial charge on any atom is -0.372 e. The Morgan fingerprint density at radius 2 is 0.585 bits per heavy atom. The van der Waals surface area contributed by atoms with Crippen LogP contribution in [0.4, 0.5) is 0 Å². The highest BCUT2D eigenvalue weighted by Gasteiger charge is 2.21. The van der Waals surface area contributed by atoms with Crippen molar-refractivity contribution < 1.29 is 4.74 Å². The Labute approximate surface area is 246 Å². The average Bonchev–Trinajstić information content (AvgIpc) is 3.05. The highest BCUT2D eigenvalue weighted by molar-refractivity contribution is 7.80. The van der Waals surface area contributed by atoms with Gasteiger partial charge in [0.15, 0.2) is 0 Å². The Bertz CT molecular complexity index is 1450. The van der Waals surface area contributed by atoms with Gasteiger partial charge in [-0.25, -0.2) is 0 Å². The van der Waals surface area contributed by atoms with Gasteiger partial charge < -0.3 is 4.74 Å². The van der Waals surface area contributed by atoms with E-state index in [1.807, 2.05) is 0 Å². The summed E-state index contributed by atoms with van der Waals surface area (Å²) in [4.78, 5) is 0. The zero-order valence-corrected chi connectivity index (χ0v) is 24.7. The maximum absolute atomic E-state index is 6.55. The molecule has 0 N–H and O–H groups in total. The van der Waals surface area contributed by atoms with E-state index < -0.39 is 15.8 Å². The molecule has 0 fully saturated rings. The molecule has 1 nitrogen and oxygen atoms in total. The van der Waals surface area contributed by atoms with E-state index in [1.165, 1.54) is 43.0 Å². The molecule has 0 aliphatic rings. The van der Waals surface area contributed by atoms with Crippen molar-refractivity contribution in [2.45, 2.75) is 13.2 Å². The minimum absolute atomic E-state index is 0.567. The predicted molar refractivity (Wildman–Crippen MR) is 179 cm³/mol. The second-order valence-electron chi connectivity index (χ2n) is 9.76. The van der Waals surface area contributed by atoms with Crippen LogP contribution in [-0.2, 0) is 18.0 Å². The normalized spacial score (nSPS) is 11.2. The fraction of sp³-hybridized carbons (Fsp3) is 0.0526. The van der Waals surface area contributed by atoms with Crippen LogP contribution in [-0.4, -0.2) is 0 Å². The van der Waals surface area contributed by atoms with Crippen molar-refractivity contribution in [1.82, 2.24) is 0 Å². The van der Waals surface area contributed by atoms with E-state index in [0.717, 1.165) is 0 Å². The predicted octanol–water partition coefficient (Wildman–Crippen LogP) is 6.92. The summed E-state index contributed by atoms with van der Waals surface area (Å²) < 4.78 is 6.55. The number of hydrogen-bond donors (Lipinski definition) is 0. The summed E-state index contributed by atoms with van der Waals surface area (Å²) in [5.74, 6) is 0. The van der Waals surface area contributed by atoms with Crippen LogP contribution in [0.1, 0.15) is 11.1 Å². The van der Waals surface area contributed by atoms with Crippen molar-refractivity contribution in [2.24, 2.45) is 0 Å². The fourth-order valence-corrected chi connectivity index (χ4v) is 10.0. The molecule has 0 saturated carbocycles. The SMILES string of the molecule is c1ccc(P(c2ccccc2)c2ccccc2COCc2ccccc2P(c2ccccc2)c2ccccc2)cc1. The van der Waals surface area contributed by atoms with Gasteiger partial charge in [0.1, 0.15) is 0 Å². The minimum atomic E-state index is -0.692. The molecular formula is C38H32OP2. The third kappa shape index (κ3) is 6.56. The van der Waals surface area contributed by atoms with Gasteiger partial charge in [-0.3, -0.25) is 0 Å². The lowest BCUT2D eigenvalue weighted by Gasteiger charge is -2.23. The van der Waals surface area contributed by atoms with Crippen molar-refractivity contribution in [3.05, 3.63) is 181 Å². The number of benzene rings is 6. The lowest BCUT2D eigenvalue weighted by atomic mass is 10.2. The van der Waals surface area contributed by atoms with Crippen LogP contribution < -0.4 is 31.8 Å². The van der Waals surface area contributed by atoms with Crippen molar-refractivity contribution in [2.75, 3.05) is 0 Å². The second kappa shape index (κ2) is 13.7. The maximum atomic E-state index is 6.55. The van der Waals surface area contributed by atoms with Gasteiger partial charge in [0, 0.05) is 0 Å². The van der Waals surface area contributed by atoms with Gasteiger partial charge in [0.05, 0.1) is 13.2 Å². The third-order valence-corrected chi connectivity index (χ3v) is 12.1. The van der Waals surface area contributed by atoms with Gasteiger partial charge in [-0.2, -0.15) is 0 Å². The first-order valence-corrected chi connectivity index (χ1v) is 16.6. The quantitative estimate of drug-likeness (QED) is 0.164. The van der Waals surface area contributed by atoms with Crippen LogP contribution >= 0.6 is 15.8 Å². The Kier molecular flexibility index (Phi) is 9.11. The first-order chi connectivity index (χ1) is 20.4. The molecule has 0 bridgehead atoms. The summed E-state index contributed by atoms with van der Waals surface area (Å²) in [5, 5.41) is 8.10. The summed E-state index contributed by atoms with van der Waals surface area (Å²) >= 11 is 0. The number of ether oxygens (including phenoxy) is 1. The topological polar surface area (TPSA) is 9.23 Å². The molecule has 41 heavy (non-hydrogen) atoms. The molecule has 6 aromatic rings. The highest BCUT2D eigenvalue weighted by Crippen LogP contribution is 2.35. The second-order valence-corrected chi connectivity index (χ2v) is 14.1. The summed E-state index contributed by atoms with van der Waals surface area (Å²) in [7, 11) is -1.38. The maximum Gasteiger partial charge on any atom is 0.0727 e. The molecule has 200 valence electrons. The molecule has 0 unspecified atom stereocenters. The zero-order chi connectivity index (χ0) is 27.7. The van der Waals surface area contributed by atoms with Crippen molar-refractivity contribution in [3.63, 3.8) is 0 Å². The smallest absolute Gasteiger partial charge is 0.0727 e. The van der Waals surface area contributed by atoms with E-state index in [4.69, 9.17) is 4.74 Å². The van der Waals surface area contributed by atoms with Crippen LogP contribution in [0.2, 0.25) is 0 Å². The molecule has 0 saturated heterocycles. The van der Waals surface area contributed by atoms with Gasteiger partial charge in [0.25, 0.3) is 0 Å². The molecule has 0 radical (unpaired) electrons. The van der Waals surface area contributed by atoms with Crippen molar-refractivity contribution in [3.8, 4) is 0 Å². The first-order valence-electron chi connectivity index (χ1n) is 13.9. The monoisotopic (exact) mass is 566 g/mol. The lowest BCUT2D eigenvalue weighted by molar-refractivity contribution is 0.108. The van der Waals surface area contributed by atoms with Crippen LogP contribution in [0.15, 0.2) is 170 Å². The van der Waals surface area contributed by atoms with Crippen molar-refractivity contribution in [1.29, 1.82) is 0 Å². The Hall–Kier alpha value is -3.86. The van der Waals surface area contributed by atoms with Gasteiger partial charge in [-0.1, -0.05) is 170 Å². The van der Waals surface area contributed by atoms with Gasteiger partial charge in [-0.15, -0.1) is 0 Å². The fourth-order valence-electron chi connectivity index (χ4n) is 5.14. The summed E-state index contributed by atoms with van der Waals surface area (Å²) in [6.07, 6.45) is 0. The molecule has 0 aromatic heterocycles. The van der Waals surface area contributed by atoms with Crippen molar-refractivity contribution >= 4 is 47.7 Å². The van der Waals surface area contributed by atoms with Gasteiger partial charge in [0.2, 0.25) is 0 Å². The zero-order valence-electron chi connectivity index (χ0n) is 22.9. The van der Waals surface area contributed by atoms with E-state index in [2.05, 4.69) is 170 Å².